The Balaban J connectivity index is 4.22. The lowest BCUT2D eigenvalue weighted by Crippen LogP contribution is -2.27. The summed E-state index contributed by atoms with van der Waals surface area (Å²) in [5.74, 6) is -1.76. The predicted octanol–water partition coefficient (Wildman–Crippen LogP) is 1.14. The number of hydrogen-bond acceptors (Lipinski definition) is 4. The highest BCUT2D eigenvalue weighted by Gasteiger charge is 2.27. The van der Waals surface area contributed by atoms with Crippen LogP contribution in [-0.2, 0) is 19.1 Å². The zero-order valence-corrected chi connectivity index (χ0v) is 8.33. The van der Waals surface area contributed by atoms with E-state index in [1.165, 1.54) is 7.11 Å². The number of esters is 2. The number of methoxy groups -OCH3 is 1. The summed E-state index contributed by atoms with van der Waals surface area (Å²) in [5.41, 5.74) is 0. The van der Waals surface area contributed by atoms with Crippen LogP contribution in [0.3, 0.4) is 0 Å². The van der Waals surface area contributed by atoms with Crippen molar-refractivity contribution in [2.75, 3.05) is 13.7 Å². The molecule has 13 heavy (non-hydrogen) atoms. The van der Waals surface area contributed by atoms with E-state index in [1.807, 2.05) is 6.92 Å². The highest BCUT2D eigenvalue weighted by atomic mass is 16.5. The van der Waals surface area contributed by atoms with Crippen molar-refractivity contribution in [3.05, 3.63) is 0 Å². The molecule has 0 aliphatic carbocycles. The van der Waals surface area contributed by atoms with Crippen molar-refractivity contribution in [3.63, 3.8) is 0 Å². The van der Waals surface area contributed by atoms with Gasteiger partial charge in [-0.25, -0.2) is 0 Å². The van der Waals surface area contributed by atoms with Gasteiger partial charge in [0, 0.05) is 0 Å². The fourth-order valence-corrected chi connectivity index (χ4v) is 1.01. The van der Waals surface area contributed by atoms with Crippen LogP contribution in [0.2, 0.25) is 0 Å². The molecular formula is C9H16O4. The minimum atomic E-state index is -0.755. The molecule has 4 heteroatoms. The maximum Gasteiger partial charge on any atom is 0.320 e. The fraction of sp³-hybridized carbons (Fsp3) is 0.778. The van der Waals surface area contributed by atoms with Gasteiger partial charge in [0.1, 0.15) is 0 Å². The minimum absolute atomic E-state index is 0.288. The molecular weight excluding hydrogens is 172 g/mol. The zero-order chi connectivity index (χ0) is 10.3. The Morgan fingerprint density at radius 3 is 2.23 bits per heavy atom. The van der Waals surface area contributed by atoms with Gasteiger partial charge in [-0.05, 0) is 13.3 Å². The average molecular weight is 188 g/mol. The Morgan fingerprint density at radius 2 is 1.85 bits per heavy atom. The summed E-state index contributed by atoms with van der Waals surface area (Å²) in [6.07, 6.45) is 1.23. The second-order valence-corrected chi connectivity index (χ2v) is 2.62. The maximum atomic E-state index is 11.2. The van der Waals surface area contributed by atoms with Crippen LogP contribution in [0.15, 0.2) is 0 Å². The van der Waals surface area contributed by atoms with Gasteiger partial charge in [-0.2, -0.15) is 0 Å². The van der Waals surface area contributed by atoms with Crippen LogP contribution in [0.1, 0.15) is 26.7 Å². The third-order valence-electron chi connectivity index (χ3n) is 1.63. The van der Waals surface area contributed by atoms with Crippen molar-refractivity contribution < 1.29 is 19.1 Å². The first-order chi connectivity index (χ1) is 6.17. The van der Waals surface area contributed by atoms with Gasteiger partial charge in [-0.15, -0.1) is 0 Å². The number of carbonyl (C=O) groups is 2. The summed E-state index contributed by atoms with van der Waals surface area (Å²) in [6.45, 7) is 3.89. The second kappa shape index (κ2) is 6.46. The first kappa shape index (κ1) is 11.9. The maximum absolute atomic E-state index is 11.2. The van der Waals surface area contributed by atoms with E-state index in [-0.39, 0.29) is 6.61 Å². The monoisotopic (exact) mass is 188 g/mol. The van der Waals surface area contributed by atoms with Gasteiger partial charge >= 0.3 is 11.9 Å². The molecule has 4 nitrogen and oxygen atoms in total. The summed E-state index contributed by atoms with van der Waals surface area (Å²) >= 11 is 0. The number of ether oxygens (including phenoxy) is 2. The topological polar surface area (TPSA) is 52.6 Å². The van der Waals surface area contributed by atoms with Gasteiger partial charge in [0.2, 0.25) is 0 Å². The highest BCUT2D eigenvalue weighted by Crippen LogP contribution is 2.10. The third-order valence-corrected chi connectivity index (χ3v) is 1.63. The van der Waals surface area contributed by atoms with Crippen LogP contribution in [-0.4, -0.2) is 25.7 Å². The molecule has 0 aromatic carbocycles. The predicted molar refractivity (Wildman–Crippen MR) is 47.0 cm³/mol. The van der Waals surface area contributed by atoms with Crippen LogP contribution >= 0.6 is 0 Å². The van der Waals surface area contributed by atoms with E-state index < -0.39 is 17.9 Å². The van der Waals surface area contributed by atoms with Crippen LogP contribution in [0, 0.1) is 5.92 Å². The van der Waals surface area contributed by atoms with Crippen LogP contribution < -0.4 is 0 Å². The zero-order valence-electron chi connectivity index (χ0n) is 8.33. The molecule has 0 N–H and O–H groups in total. The molecule has 0 aliphatic heterocycles. The lowest BCUT2D eigenvalue weighted by atomic mass is 10.0. The van der Waals surface area contributed by atoms with Crippen molar-refractivity contribution in [2.24, 2.45) is 5.92 Å². The van der Waals surface area contributed by atoms with Gasteiger partial charge in [0.25, 0.3) is 0 Å². The van der Waals surface area contributed by atoms with Gasteiger partial charge in [-0.1, -0.05) is 13.3 Å². The van der Waals surface area contributed by atoms with E-state index in [4.69, 9.17) is 4.74 Å². The lowest BCUT2D eigenvalue weighted by molar-refractivity contribution is -0.160. The van der Waals surface area contributed by atoms with Crippen molar-refractivity contribution >= 4 is 11.9 Å². The van der Waals surface area contributed by atoms with Crippen LogP contribution in [0.25, 0.3) is 0 Å². The molecule has 0 aliphatic rings. The molecule has 0 fully saturated rings. The SMILES string of the molecule is CCCC(C(=O)OC)C(=O)OCC. The summed E-state index contributed by atoms with van der Waals surface area (Å²) in [6, 6.07) is 0. The Kier molecular flexibility index (Phi) is 5.93. The van der Waals surface area contributed by atoms with Crippen molar-refractivity contribution in [1.82, 2.24) is 0 Å². The molecule has 1 atom stereocenters. The van der Waals surface area contributed by atoms with Gasteiger partial charge in [0.05, 0.1) is 13.7 Å². The molecule has 1 unspecified atom stereocenters. The molecule has 0 bridgehead atoms. The van der Waals surface area contributed by atoms with E-state index in [0.29, 0.717) is 6.42 Å². The third kappa shape index (κ3) is 3.92. The molecule has 76 valence electrons. The average Bonchev–Trinajstić information content (AvgIpc) is 2.13. The lowest BCUT2D eigenvalue weighted by Gasteiger charge is -2.11. The Bertz CT molecular complexity index is 176. The van der Waals surface area contributed by atoms with E-state index >= 15 is 0 Å². The quantitative estimate of drug-likeness (QED) is 0.479. The highest BCUT2D eigenvalue weighted by molar-refractivity contribution is 5.94. The van der Waals surface area contributed by atoms with Crippen molar-refractivity contribution in [1.29, 1.82) is 0 Å². The van der Waals surface area contributed by atoms with Gasteiger partial charge in [0.15, 0.2) is 5.92 Å². The number of rotatable bonds is 5. The fourth-order valence-electron chi connectivity index (χ4n) is 1.01. The Hall–Kier alpha value is -1.06. The van der Waals surface area contributed by atoms with E-state index in [0.717, 1.165) is 6.42 Å². The molecule has 0 saturated heterocycles. The normalized spacial score (nSPS) is 11.9. The summed E-state index contributed by atoms with van der Waals surface area (Å²) in [4.78, 5) is 22.3. The molecule has 0 saturated carbocycles. The molecule has 0 aromatic rings. The molecule has 0 radical (unpaired) electrons. The van der Waals surface area contributed by atoms with E-state index in [1.54, 1.807) is 6.92 Å². The van der Waals surface area contributed by atoms with Gasteiger partial charge < -0.3 is 9.47 Å². The molecule has 0 aromatic heterocycles. The Labute approximate surface area is 78.2 Å². The first-order valence-corrected chi connectivity index (χ1v) is 4.41. The largest absolute Gasteiger partial charge is 0.468 e. The van der Waals surface area contributed by atoms with Crippen LogP contribution in [0.4, 0.5) is 0 Å². The number of hydrogen-bond donors (Lipinski definition) is 0. The van der Waals surface area contributed by atoms with Crippen molar-refractivity contribution in [2.45, 2.75) is 26.7 Å². The smallest absolute Gasteiger partial charge is 0.320 e. The number of carbonyl (C=O) groups excluding carboxylic acids is 2. The molecule has 0 amide bonds. The molecule has 0 spiro atoms. The first-order valence-electron chi connectivity index (χ1n) is 4.41. The summed E-state index contributed by atoms with van der Waals surface area (Å²) in [5, 5.41) is 0. The second-order valence-electron chi connectivity index (χ2n) is 2.62. The minimum Gasteiger partial charge on any atom is -0.468 e. The van der Waals surface area contributed by atoms with Gasteiger partial charge in [-0.3, -0.25) is 9.59 Å². The Morgan fingerprint density at radius 1 is 1.23 bits per heavy atom. The molecule has 0 heterocycles. The van der Waals surface area contributed by atoms with E-state index in [2.05, 4.69) is 4.74 Å². The van der Waals surface area contributed by atoms with Crippen LogP contribution in [0.5, 0.6) is 0 Å². The van der Waals surface area contributed by atoms with Crippen molar-refractivity contribution in [3.8, 4) is 0 Å². The molecule has 0 rings (SSSR count). The van der Waals surface area contributed by atoms with E-state index in [9.17, 15) is 9.59 Å². The standard InChI is InChI=1S/C9H16O4/c1-4-6-7(8(10)12-3)9(11)13-5-2/h7H,4-6H2,1-3H3. The summed E-state index contributed by atoms with van der Waals surface area (Å²) in [7, 11) is 1.27. The summed E-state index contributed by atoms with van der Waals surface area (Å²) < 4.78 is 9.23.